The maximum Gasteiger partial charge on any atom is 0.337 e. The van der Waals surface area contributed by atoms with E-state index in [4.69, 9.17) is 9.47 Å². The number of hydrazine groups is 1. The van der Waals surface area contributed by atoms with Crippen LogP contribution in [0.15, 0.2) is 46.8 Å². The largest absolute Gasteiger partial charge is 0.454 e. The molecule has 1 aromatic heterocycles. The van der Waals surface area contributed by atoms with E-state index in [-0.39, 0.29) is 12.7 Å². The minimum absolute atomic E-state index is 0.158. The smallest absolute Gasteiger partial charge is 0.337 e. The molecule has 0 radical (unpaired) electrons. The van der Waals surface area contributed by atoms with Gasteiger partial charge >= 0.3 is 6.03 Å². The molecule has 0 bridgehead atoms. The van der Waals surface area contributed by atoms with E-state index in [1.54, 1.807) is 25.1 Å². The lowest BCUT2D eigenvalue weighted by Gasteiger charge is -2.12. The molecule has 2 heterocycles. The zero-order valence-corrected chi connectivity index (χ0v) is 16.4. The number of amides is 3. The number of para-hydroxylation sites is 1. The van der Waals surface area contributed by atoms with Gasteiger partial charge in [-0.3, -0.25) is 10.2 Å². The van der Waals surface area contributed by atoms with Crippen molar-refractivity contribution < 1.29 is 19.1 Å². The molecule has 3 amide bonds. The van der Waals surface area contributed by atoms with Crippen LogP contribution in [0.1, 0.15) is 6.92 Å². The van der Waals surface area contributed by atoms with Crippen LogP contribution in [-0.2, 0) is 4.79 Å². The number of thiazole rings is 1. The first-order chi connectivity index (χ1) is 13.6. The maximum absolute atomic E-state index is 12.2. The molecule has 0 aliphatic carbocycles. The number of urea groups is 1. The highest BCUT2D eigenvalue weighted by Gasteiger charge is 2.18. The molecule has 10 heteroatoms. The summed E-state index contributed by atoms with van der Waals surface area (Å²) in [5.74, 6) is 0.854. The molecule has 0 spiro atoms. The van der Waals surface area contributed by atoms with Crippen molar-refractivity contribution >= 4 is 50.9 Å². The molecule has 3 N–H and O–H groups in total. The van der Waals surface area contributed by atoms with Crippen LogP contribution in [0.3, 0.4) is 0 Å². The van der Waals surface area contributed by atoms with Crippen LogP contribution >= 0.6 is 23.1 Å². The van der Waals surface area contributed by atoms with Crippen LogP contribution in [0.4, 0.5) is 10.5 Å². The monoisotopic (exact) mass is 416 g/mol. The second kappa shape index (κ2) is 7.95. The van der Waals surface area contributed by atoms with Gasteiger partial charge in [-0.05, 0) is 31.2 Å². The number of benzene rings is 2. The van der Waals surface area contributed by atoms with Gasteiger partial charge in [-0.15, -0.1) is 11.3 Å². The SMILES string of the molecule is C[C@H](Sc1nc2ccccc2s1)C(=O)NNC(=O)Nc1ccc2c(c1)OCO2. The van der Waals surface area contributed by atoms with Crippen molar-refractivity contribution in [2.45, 2.75) is 16.5 Å². The highest BCUT2D eigenvalue weighted by Crippen LogP contribution is 2.34. The minimum atomic E-state index is -0.565. The molecule has 0 unspecified atom stereocenters. The van der Waals surface area contributed by atoms with E-state index >= 15 is 0 Å². The summed E-state index contributed by atoms with van der Waals surface area (Å²) in [5.41, 5.74) is 6.18. The molecule has 0 saturated heterocycles. The molecule has 1 atom stereocenters. The van der Waals surface area contributed by atoms with Gasteiger partial charge < -0.3 is 14.8 Å². The fourth-order valence-corrected chi connectivity index (χ4v) is 4.67. The predicted octanol–water partition coefficient (Wildman–Crippen LogP) is 3.36. The quantitative estimate of drug-likeness (QED) is 0.445. The number of fused-ring (bicyclic) bond motifs is 2. The number of aromatic nitrogens is 1. The Labute approximate surface area is 168 Å². The van der Waals surface area contributed by atoms with Crippen LogP contribution in [0.2, 0.25) is 0 Å². The van der Waals surface area contributed by atoms with Crippen molar-refractivity contribution in [1.82, 2.24) is 15.8 Å². The molecule has 1 aliphatic rings. The Bertz CT molecular complexity index is 1010. The number of carbonyl (C=O) groups is 2. The Morgan fingerprint density at radius 1 is 1.14 bits per heavy atom. The van der Waals surface area contributed by atoms with Crippen LogP contribution < -0.4 is 25.6 Å². The standard InChI is InChI=1S/C18H16N4O4S2/c1-10(27-18-20-12-4-2-3-5-15(12)28-18)16(23)21-22-17(24)19-11-6-7-13-14(8-11)26-9-25-13/h2-8,10H,9H2,1H3,(H,21,23)(H2,19,22,24)/t10-/m0/s1. The van der Waals surface area contributed by atoms with Gasteiger partial charge in [0.1, 0.15) is 0 Å². The highest BCUT2D eigenvalue weighted by molar-refractivity contribution is 8.02. The van der Waals surface area contributed by atoms with Crippen LogP contribution in [0.25, 0.3) is 10.2 Å². The molecule has 28 heavy (non-hydrogen) atoms. The van der Waals surface area contributed by atoms with Gasteiger partial charge in [-0.1, -0.05) is 23.9 Å². The number of hydrogen-bond acceptors (Lipinski definition) is 7. The van der Waals surface area contributed by atoms with Gasteiger partial charge in [0, 0.05) is 11.8 Å². The maximum atomic E-state index is 12.2. The summed E-state index contributed by atoms with van der Waals surface area (Å²) < 4.78 is 12.3. The number of rotatable bonds is 4. The number of anilines is 1. The minimum Gasteiger partial charge on any atom is -0.454 e. The molecular formula is C18H16N4O4S2. The number of ether oxygens (including phenoxy) is 2. The van der Waals surface area contributed by atoms with Gasteiger partial charge in [0.15, 0.2) is 15.8 Å². The molecule has 3 aromatic rings. The summed E-state index contributed by atoms with van der Waals surface area (Å²) in [7, 11) is 0. The zero-order chi connectivity index (χ0) is 19.5. The Morgan fingerprint density at radius 3 is 2.82 bits per heavy atom. The fourth-order valence-electron chi connectivity index (χ4n) is 2.46. The van der Waals surface area contributed by atoms with Crippen molar-refractivity contribution in [3.8, 4) is 11.5 Å². The third-order valence-corrected chi connectivity index (χ3v) is 6.08. The number of carbonyl (C=O) groups excluding carboxylic acids is 2. The lowest BCUT2D eigenvalue weighted by Crippen LogP contribution is -2.46. The third kappa shape index (κ3) is 4.12. The highest BCUT2D eigenvalue weighted by atomic mass is 32.2. The molecule has 0 fully saturated rings. The Morgan fingerprint density at radius 2 is 1.96 bits per heavy atom. The lowest BCUT2D eigenvalue weighted by atomic mass is 10.3. The first-order valence-electron chi connectivity index (χ1n) is 8.37. The second-order valence-electron chi connectivity index (χ2n) is 5.84. The first kappa shape index (κ1) is 18.4. The van der Waals surface area contributed by atoms with E-state index in [0.717, 1.165) is 14.6 Å². The molecule has 144 valence electrons. The second-order valence-corrected chi connectivity index (χ2v) is 8.46. The molecular weight excluding hydrogens is 400 g/mol. The molecule has 8 nitrogen and oxygen atoms in total. The topological polar surface area (TPSA) is 102 Å². The van der Waals surface area contributed by atoms with E-state index < -0.39 is 11.3 Å². The summed E-state index contributed by atoms with van der Waals surface area (Å²) in [5, 5.41) is 2.19. The predicted molar refractivity (Wildman–Crippen MR) is 108 cm³/mol. The lowest BCUT2D eigenvalue weighted by molar-refractivity contribution is -0.120. The number of nitrogens with zero attached hydrogens (tertiary/aromatic N) is 1. The van der Waals surface area contributed by atoms with Crippen LogP contribution in [0.5, 0.6) is 11.5 Å². The molecule has 1 aliphatic heterocycles. The van der Waals surface area contributed by atoms with Crippen LogP contribution in [0, 0.1) is 0 Å². The van der Waals surface area contributed by atoms with Gasteiger partial charge in [-0.2, -0.15) is 0 Å². The number of hydrogen-bond donors (Lipinski definition) is 3. The summed E-state index contributed by atoms with van der Waals surface area (Å²) >= 11 is 2.87. The van der Waals surface area contributed by atoms with Crippen molar-refractivity contribution in [1.29, 1.82) is 0 Å². The summed E-state index contributed by atoms with van der Waals surface area (Å²) in [6, 6.07) is 12.3. The average Bonchev–Trinajstić information content (AvgIpc) is 3.31. The van der Waals surface area contributed by atoms with Gasteiger partial charge in [0.25, 0.3) is 5.91 Å². The molecule has 4 rings (SSSR count). The first-order valence-corrected chi connectivity index (χ1v) is 10.1. The van der Waals surface area contributed by atoms with E-state index in [1.807, 2.05) is 24.3 Å². The molecule has 2 aromatic carbocycles. The van der Waals surface area contributed by atoms with Crippen molar-refractivity contribution in [3.05, 3.63) is 42.5 Å². The summed E-state index contributed by atoms with van der Waals surface area (Å²) in [6.07, 6.45) is 0. The Hall–Kier alpha value is -2.98. The van der Waals surface area contributed by atoms with Crippen LogP contribution in [-0.4, -0.2) is 29.0 Å². The fraction of sp³-hybridized carbons (Fsp3) is 0.167. The number of nitrogens with one attached hydrogen (secondary N) is 3. The van der Waals surface area contributed by atoms with Crippen molar-refractivity contribution in [3.63, 3.8) is 0 Å². The number of thioether (sulfide) groups is 1. The van der Waals surface area contributed by atoms with Crippen molar-refractivity contribution in [2.75, 3.05) is 12.1 Å². The van der Waals surface area contributed by atoms with E-state index in [1.165, 1.54) is 23.1 Å². The van der Waals surface area contributed by atoms with E-state index in [2.05, 4.69) is 21.2 Å². The summed E-state index contributed by atoms with van der Waals surface area (Å²) in [6.45, 7) is 1.91. The van der Waals surface area contributed by atoms with Crippen molar-refractivity contribution in [2.24, 2.45) is 0 Å². The Balaban J connectivity index is 1.27. The Kier molecular flexibility index (Phi) is 5.22. The van der Waals surface area contributed by atoms with E-state index in [0.29, 0.717) is 17.2 Å². The van der Waals surface area contributed by atoms with Gasteiger partial charge in [0.05, 0.1) is 15.5 Å². The molecule has 0 saturated carbocycles. The third-order valence-electron chi connectivity index (χ3n) is 3.85. The van der Waals surface area contributed by atoms with Gasteiger partial charge in [-0.25, -0.2) is 15.2 Å². The normalized spacial score (nSPS) is 13.2. The van der Waals surface area contributed by atoms with Gasteiger partial charge in [0.2, 0.25) is 6.79 Å². The average molecular weight is 416 g/mol. The summed E-state index contributed by atoms with van der Waals surface area (Å²) in [4.78, 5) is 28.7. The zero-order valence-electron chi connectivity index (χ0n) is 14.7. The van der Waals surface area contributed by atoms with E-state index in [9.17, 15) is 9.59 Å².